The molecule has 2 unspecified atom stereocenters. The number of hydrogen-bond acceptors (Lipinski definition) is 2. The molecular formula is C14H9BrF3NO. The van der Waals surface area contributed by atoms with Crippen LogP contribution in [0.25, 0.3) is 0 Å². The SMILES string of the molecule is Fc1ccccc1C1(C(Br)c2cccnc2)OC1(F)F. The summed E-state index contributed by atoms with van der Waals surface area (Å²) in [5.41, 5.74) is -1.72. The van der Waals surface area contributed by atoms with E-state index in [1.807, 2.05) is 0 Å². The first kappa shape index (κ1) is 13.6. The summed E-state index contributed by atoms with van der Waals surface area (Å²) < 4.78 is 46.1. The third-order valence-corrected chi connectivity index (χ3v) is 4.46. The molecule has 1 aliphatic rings. The summed E-state index contributed by atoms with van der Waals surface area (Å²) in [6.07, 6.45) is -0.454. The fourth-order valence-corrected chi connectivity index (χ4v) is 3.12. The summed E-state index contributed by atoms with van der Waals surface area (Å²) >= 11 is 3.20. The van der Waals surface area contributed by atoms with Crippen LogP contribution in [0.5, 0.6) is 0 Å². The van der Waals surface area contributed by atoms with Crippen molar-refractivity contribution < 1.29 is 17.9 Å². The number of epoxide rings is 1. The molecule has 0 aliphatic carbocycles. The molecule has 0 radical (unpaired) electrons. The Labute approximate surface area is 121 Å². The summed E-state index contributed by atoms with van der Waals surface area (Å²) in [5.74, 6) is -0.724. The van der Waals surface area contributed by atoms with Crippen molar-refractivity contribution in [2.75, 3.05) is 0 Å². The van der Waals surface area contributed by atoms with Gasteiger partial charge in [0.05, 0.1) is 4.83 Å². The number of hydrogen-bond donors (Lipinski definition) is 0. The average Bonchev–Trinajstić information content (AvgIpc) is 3.03. The van der Waals surface area contributed by atoms with Crippen molar-refractivity contribution in [3.05, 3.63) is 65.7 Å². The number of ether oxygens (including phenoxy) is 1. The van der Waals surface area contributed by atoms with Crippen LogP contribution < -0.4 is 0 Å². The predicted molar refractivity (Wildman–Crippen MR) is 70.0 cm³/mol. The highest BCUT2D eigenvalue weighted by atomic mass is 79.9. The van der Waals surface area contributed by atoms with Gasteiger partial charge >= 0.3 is 6.11 Å². The van der Waals surface area contributed by atoms with Crippen LogP contribution in [0.4, 0.5) is 13.2 Å². The molecule has 6 heteroatoms. The minimum Gasteiger partial charge on any atom is -0.295 e. The third-order valence-electron chi connectivity index (χ3n) is 3.29. The number of halogens is 4. The summed E-state index contributed by atoms with van der Waals surface area (Å²) in [4.78, 5) is 2.98. The van der Waals surface area contributed by atoms with E-state index in [-0.39, 0.29) is 5.56 Å². The number of nitrogens with zero attached hydrogens (tertiary/aromatic N) is 1. The van der Waals surface area contributed by atoms with E-state index < -0.39 is 22.4 Å². The van der Waals surface area contributed by atoms with Gasteiger partial charge in [-0.25, -0.2) is 4.39 Å². The largest absolute Gasteiger partial charge is 0.391 e. The first-order chi connectivity index (χ1) is 9.49. The van der Waals surface area contributed by atoms with Crippen LogP contribution in [-0.4, -0.2) is 11.1 Å². The number of aromatic nitrogens is 1. The van der Waals surface area contributed by atoms with Gasteiger partial charge in [-0.1, -0.05) is 40.2 Å². The maximum Gasteiger partial charge on any atom is 0.391 e. The van der Waals surface area contributed by atoms with Crippen LogP contribution >= 0.6 is 15.9 Å². The van der Waals surface area contributed by atoms with E-state index in [2.05, 4.69) is 25.7 Å². The standard InChI is InChI=1S/C14H9BrF3NO/c15-12(9-4-3-7-19-8-9)13(14(17,18)20-13)10-5-1-2-6-11(10)16/h1-8,12H. The molecule has 104 valence electrons. The molecule has 1 aromatic heterocycles. The Morgan fingerprint density at radius 2 is 1.85 bits per heavy atom. The van der Waals surface area contributed by atoms with Crippen molar-refractivity contribution in [1.82, 2.24) is 4.98 Å². The van der Waals surface area contributed by atoms with Crippen LogP contribution in [0.3, 0.4) is 0 Å². The van der Waals surface area contributed by atoms with Crippen molar-refractivity contribution in [2.45, 2.75) is 16.5 Å². The van der Waals surface area contributed by atoms with Crippen molar-refractivity contribution in [3.63, 3.8) is 0 Å². The Kier molecular flexibility index (Phi) is 3.10. The van der Waals surface area contributed by atoms with Crippen LogP contribution in [0, 0.1) is 5.82 Å². The minimum absolute atomic E-state index is 0.171. The first-order valence-electron chi connectivity index (χ1n) is 5.86. The molecule has 20 heavy (non-hydrogen) atoms. The molecule has 2 atom stereocenters. The van der Waals surface area contributed by atoms with Crippen molar-refractivity contribution in [2.24, 2.45) is 0 Å². The Balaban J connectivity index is 2.10. The van der Waals surface area contributed by atoms with Crippen molar-refractivity contribution in [3.8, 4) is 0 Å². The van der Waals surface area contributed by atoms with Crippen LogP contribution in [0.1, 0.15) is 16.0 Å². The number of alkyl halides is 3. The molecule has 0 bridgehead atoms. The van der Waals surface area contributed by atoms with E-state index in [1.54, 1.807) is 12.1 Å². The molecule has 1 saturated heterocycles. The van der Waals surface area contributed by atoms with E-state index in [9.17, 15) is 13.2 Å². The molecule has 0 amide bonds. The number of benzene rings is 1. The topological polar surface area (TPSA) is 25.4 Å². The summed E-state index contributed by atoms with van der Waals surface area (Å²) in [6.45, 7) is 0. The van der Waals surface area contributed by atoms with Crippen LogP contribution in [-0.2, 0) is 10.3 Å². The Morgan fingerprint density at radius 3 is 2.40 bits per heavy atom. The quantitative estimate of drug-likeness (QED) is 0.617. The molecule has 0 N–H and O–H groups in total. The fourth-order valence-electron chi connectivity index (χ4n) is 2.25. The van der Waals surface area contributed by atoms with Gasteiger partial charge in [0.1, 0.15) is 5.82 Å². The zero-order valence-corrected chi connectivity index (χ0v) is 11.6. The van der Waals surface area contributed by atoms with E-state index in [0.717, 1.165) is 6.07 Å². The van der Waals surface area contributed by atoms with Crippen LogP contribution in [0.15, 0.2) is 48.8 Å². The molecule has 3 rings (SSSR count). The van der Waals surface area contributed by atoms with E-state index in [4.69, 9.17) is 0 Å². The maximum atomic E-state index is 13.9. The Bertz CT molecular complexity index is 637. The summed E-state index contributed by atoms with van der Waals surface area (Å²) in [5, 5.41) is 0. The normalized spacial score (nSPS) is 25.2. The van der Waals surface area contributed by atoms with Gasteiger partial charge in [0.2, 0.25) is 5.60 Å². The predicted octanol–water partition coefficient (Wildman–Crippen LogP) is 4.18. The molecule has 2 nitrogen and oxygen atoms in total. The fraction of sp³-hybridized carbons (Fsp3) is 0.214. The highest BCUT2D eigenvalue weighted by Crippen LogP contribution is 2.67. The highest BCUT2D eigenvalue weighted by Gasteiger charge is 2.79. The second-order valence-electron chi connectivity index (χ2n) is 4.48. The smallest absolute Gasteiger partial charge is 0.295 e. The third kappa shape index (κ3) is 1.86. The highest BCUT2D eigenvalue weighted by molar-refractivity contribution is 9.09. The summed E-state index contributed by atoms with van der Waals surface area (Å²) in [6, 6.07) is 8.64. The maximum absolute atomic E-state index is 13.9. The molecule has 2 aromatic rings. The molecular weight excluding hydrogens is 335 g/mol. The average molecular weight is 344 g/mol. The molecule has 0 saturated carbocycles. The van der Waals surface area contributed by atoms with Gasteiger partial charge in [-0.3, -0.25) is 9.72 Å². The van der Waals surface area contributed by atoms with Gasteiger partial charge in [-0.2, -0.15) is 8.78 Å². The van der Waals surface area contributed by atoms with Crippen molar-refractivity contribution in [1.29, 1.82) is 0 Å². The second-order valence-corrected chi connectivity index (χ2v) is 5.40. The van der Waals surface area contributed by atoms with Gasteiger partial charge in [0.15, 0.2) is 0 Å². The zero-order chi connectivity index (χ0) is 14.4. The summed E-state index contributed by atoms with van der Waals surface area (Å²) in [7, 11) is 0. The van der Waals surface area contributed by atoms with Gasteiger partial charge < -0.3 is 0 Å². The van der Waals surface area contributed by atoms with Gasteiger partial charge in [-0.15, -0.1) is 0 Å². The molecule has 0 spiro atoms. The monoisotopic (exact) mass is 343 g/mol. The second kappa shape index (κ2) is 4.56. The van der Waals surface area contributed by atoms with Gasteiger partial charge in [0.25, 0.3) is 0 Å². The van der Waals surface area contributed by atoms with Crippen LogP contribution in [0.2, 0.25) is 0 Å². The Hall–Kier alpha value is -1.40. The lowest BCUT2D eigenvalue weighted by Crippen LogP contribution is -2.23. The molecule has 2 heterocycles. The lowest BCUT2D eigenvalue weighted by atomic mass is 9.91. The van der Waals surface area contributed by atoms with E-state index in [0.29, 0.717) is 5.56 Å². The number of pyridine rings is 1. The Morgan fingerprint density at radius 1 is 1.15 bits per heavy atom. The van der Waals surface area contributed by atoms with Crippen molar-refractivity contribution >= 4 is 15.9 Å². The minimum atomic E-state index is -3.43. The molecule has 1 aromatic carbocycles. The van der Waals surface area contributed by atoms with Gasteiger partial charge in [-0.05, 0) is 17.7 Å². The first-order valence-corrected chi connectivity index (χ1v) is 6.77. The zero-order valence-electron chi connectivity index (χ0n) is 10.1. The molecule has 1 fully saturated rings. The lowest BCUT2D eigenvalue weighted by molar-refractivity contribution is 0.000563. The number of rotatable bonds is 3. The van der Waals surface area contributed by atoms with E-state index in [1.165, 1.54) is 30.6 Å². The molecule has 1 aliphatic heterocycles. The van der Waals surface area contributed by atoms with E-state index >= 15 is 0 Å². The lowest BCUT2D eigenvalue weighted by Gasteiger charge is -2.19. The van der Waals surface area contributed by atoms with Gasteiger partial charge in [0, 0.05) is 18.0 Å².